The Kier molecular flexibility index (Phi) is 4.47. The van der Waals surface area contributed by atoms with Gasteiger partial charge < -0.3 is 0 Å². The first-order valence-electron chi connectivity index (χ1n) is 7.75. The van der Waals surface area contributed by atoms with Gasteiger partial charge in [-0.25, -0.2) is 9.97 Å². The van der Waals surface area contributed by atoms with Crippen molar-refractivity contribution in [1.82, 2.24) is 9.97 Å². The van der Waals surface area contributed by atoms with E-state index in [1.807, 2.05) is 42.5 Å². The van der Waals surface area contributed by atoms with E-state index in [-0.39, 0.29) is 0 Å². The number of hydrogen-bond acceptors (Lipinski definition) is 5. The molecule has 25 heavy (non-hydrogen) atoms. The number of benzene rings is 2. The van der Waals surface area contributed by atoms with Crippen LogP contribution >= 0.6 is 23.1 Å². The Bertz CT molecular complexity index is 1050. The smallest absolute Gasteiger partial charge is 0.128 e. The van der Waals surface area contributed by atoms with Gasteiger partial charge in [-0.15, -0.1) is 23.1 Å². The summed E-state index contributed by atoms with van der Waals surface area (Å²) in [4.78, 5) is 11.1. The van der Waals surface area contributed by atoms with Crippen LogP contribution in [0.25, 0.3) is 20.7 Å². The van der Waals surface area contributed by atoms with E-state index in [0.29, 0.717) is 5.56 Å². The van der Waals surface area contributed by atoms with Crippen molar-refractivity contribution in [2.45, 2.75) is 10.8 Å². The monoisotopic (exact) mass is 359 g/mol. The van der Waals surface area contributed by atoms with E-state index in [1.54, 1.807) is 29.4 Å². The van der Waals surface area contributed by atoms with Crippen molar-refractivity contribution in [2.75, 3.05) is 0 Å². The van der Waals surface area contributed by atoms with Gasteiger partial charge in [-0.3, -0.25) is 0 Å². The molecule has 0 N–H and O–H groups in total. The molecule has 2 aromatic carbocycles. The zero-order valence-electron chi connectivity index (χ0n) is 13.2. The first kappa shape index (κ1) is 15.8. The molecule has 0 aliphatic heterocycles. The zero-order chi connectivity index (χ0) is 17.1. The lowest BCUT2D eigenvalue weighted by molar-refractivity contribution is 1.11. The molecule has 3 nitrogen and oxygen atoms in total. The minimum absolute atomic E-state index is 0.684. The summed E-state index contributed by atoms with van der Waals surface area (Å²) in [5.74, 6) is 0.814. The molecule has 2 heterocycles. The molecule has 0 fully saturated rings. The molecular formula is C20H13N3S2. The Morgan fingerprint density at radius 3 is 2.56 bits per heavy atom. The largest absolute Gasteiger partial charge is 0.229 e. The van der Waals surface area contributed by atoms with Gasteiger partial charge in [-0.05, 0) is 29.3 Å². The van der Waals surface area contributed by atoms with Crippen LogP contribution in [0.2, 0.25) is 0 Å². The Morgan fingerprint density at radius 1 is 1.00 bits per heavy atom. The molecule has 4 aromatic rings. The molecule has 0 amide bonds. The van der Waals surface area contributed by atoms with Crippen molar-refractivity contribution in [3.05, 3.63) is 78.1 Å². The minimum Gasteiger partial charge on any atom is -0.229 e. The van der Waals surface area contributed by atoms with Gasteiger partial charge in [-0.2, -0.15) is 5.26 Å². The van der Waals surface area contributed by atoms with Crippen LogP contribution in [0.15, 0.2) is 72.0 Å². The molecular weight excluding hydrogens is 346 g/mol. The molecule has 0 atom stereocenters. The molecule has 5 heteroatoms. The average Bonchev–Trinajstić information content (AvgIpc) is 3.12. The second kappa shape index (κ2) is 7.06. The van der Waals surface area contributed by atoms with Crippen LogP contribution in [0.4, 0.5) is 0 Å². The maximum absolute atomic E-state index is 8.88. The van der Waals surface area contributed by atoms with Gasteiger partial charge in [0.2, 0.25) is 0 Å². The molecule has 0 bridgehead atoms. The average molecular weight is 359 g/mol. The molecule has 0 unspecified atom stereocenters. The molecule has 0 spiro atoms. The van der Waals surface area contributed by atoms with Gasteiger partial charge in [0, 0.05) is 16.0 Å². The van der Waals surface area contributed by atoms with Gasteiger partial charge in [-0.1, -0.05) is 42.5 Å². The summed E-state index contributed by atoms with van der Waals surface area (Å²) in [6, 6.07) is 22.4. The third kappa shape index (κ3) is 3.41. The molecule has 0 radical (unpaired) electrons. The molecule has 0 aliphatic rings. The third-order valence-electron chi connectivity index (χ3n) is 3.81. The van der Waals surface area contributed by atoms with Gasteiger partial charge >= 0.3 is 0 Å². The van der Waals surface area contributed by atoms with Crippen LogP contribution in [0.1, 0.15) is 11.1 Å². The fraction of sp³-hybridized carbons (Fsp3) is 0.0500. The Hall–Kier alpha value is -2.68. The SMILES string of the molecule is N#Cc1ccc(CSc2ncnc3sc(-c4ccccc4)cc23)cc1. The number of thioether (sulfide) groups is 1. The van der Waals surface area contributed by atoms with Crippen LogP contribution in [0.5, 0.6) is 0 Å². The highest BCUT2D eigenvalue weighted by Crippen LogP contribution is 2.36. The van der Waals surface area contributed by atoms with Crippen molar-refractivity contribution in [1.29, 1.82) is 5.26 Å². The maximum atomic E-state index is 8.88. The van der Waals surface area contributed by atoms with E-state index in [2.05, 4.69) is 34.2 Å². The highest BCUT2D eigenvalue weighted by molar-refractivity contribution is 7.98. The van der Waals surface area contributed by atoms with E-state index in [1.165, 1.54) is 16.0 Å². The summed E-state index contributed by atoms with van der Waals surface area (Å²) >= 11 is 3.39. The third-order valence-corrected chi connectivity index (χ3v) is 5.98. The Labute approximate surface area is 154 Å². The lowest BCUT2D eigenvalue weighted by atomic mass is 10.2. The molecule has 0 saturated carbocycles. The number of rotatable bonds is 4. The number of thiophene rings is 1. The fourth-order valence-electron chi connectivity index (χ4n) is 2.52. The molecule has 120 valence electrons. The second-order valence-corrected chi connectivity index (χ2v) is 7.47. The van der Waals surface area contributed by atoms with Crippen LogP contribution in [0, 0.1) is 11.3 Å². The van der Waals surface area contributed by atoms with Crippen LogP contribution in [-0.2, 0) is 5.75 Å². The van der Waals surface area contributed by atoms with Gasteiger partial charge in [0.1, 0.15) is 16.2 Å². The lowest BCUT2D eigenvalue weighted by Crippen LogP contribution is -1.86. The topological polar surface area (TPSA) is 49.6 Å². The molecule has 0 aliphatic carbocycles. The normalized spacial score (nSPS) is 10.7. The van der Waals surface area contributed by atoms with E-state index < -0.39 is 0 Å². The summed E-state index contributed by atoms with van der Waals surface area (Å²) in [5, 5.41) is 11.0. The highest BCUT2D eigenvalue weighted by Gasteiger charge is 2.10. The number of nitriles is 1. The predicted molar refractivity (Wildman–Crippen MR) is 104 cm³/mol. The standard InChI is InChI=1S/C20H13N3S2/c21-11-14-6-8-15(9-7-14)12-24-19-17-10-18(16-4-2-1-3-5-16)25-20(17)23-13-22-19/h1-10,13H,12H2. The maximum Gasteiger partial charge on any atom is 0.128 e. The summed E-state index contributed by atoms with van der Waals surface area (Å²) < 4.78 is 0. The Morgan fingerprint density at radius 2 is 1.80 bits per heavy atom. The molecule has 2 aromatic heterocycles. The summed E-state index contributed by atoms with van der Waals surface area (Å²) in [5.41, 5.74) is 3.06. The van der Waals surface area contributed by atoms with E-state index in [4.69, 9.17) is 5.26 Å². The first-order valence-corrected chi connectivity index (χ1v) is 9.55. The molecule has 4 rings (SSSR count). The first-order chi connectivity index (χ1) is 12.3. The Balaban J connectivity index is 1.61. The molecule has 0 saturated heterocycles. The van der Waals surface area contributed by atoms with E-state index in [9.17, 15) is 0 Å². The van der Waals surface area contributed by atoms with Crippen molar-refractivity contribution >= 4 is 33.3 Å². The number of hydrogen-bond donors (Lipinski definition) is 0. The van der Waals surface area contributed by atoms with Gasteiger partial charge in [0.15, 0.2) is 0 Å². The lowest BCUT2D eigenvalue weighted by Gasteiger charge is -2.02. The van der Waals surface area contributed by atoms with E-state index in [0.717, 1.165) is 21.0 Å². The van der Waals surface area contributed by atoms with Crippen LogP contribution in [-0.4, -0.2) is 9.97 Å². The number of aromatic nitrogens is 2. The number of nitrogens with zero attached hydrogens (tertiary/aromatic N) is 3. The highest BCUT2D eigenvalue weighted by atomic mass is 32.2. The van der Waals surface area contributed by atoms with Crippen molar-refractivity contribution in [3.63, 3.8) is 0 Å². The quantitative estimate of drug-likeness (QED) is 0.355. The second-order valence-electron chi connectivity index (χ2n) is 5.47. The summed E-state index contributed by atoms with van der Waals surface area (Å²) in [7, 11) is 0. The van der Waals surface area contributed by atoms with E-state index >= 15 is 0 Å². The van der Waals surface area contributed by atoms with Crippen molar-refractivity contribution in [2.24, 2.45) is 0 Å². The zero-order valence-corrected chi connectivity index (χ0v) is 14.8. The summed E-state index contributed by atoms with van der Waals surface area (Å²) in [6.45, 7) is 0. The van der Waals surface area contributed by atoms with Crippen molar-refractivity contribution < 1.29 is 0 Å². The fourth-order valence-corrected chi connectivity index (χ4v) is 4.52. The predicted octanol–water partition coefficient (Wildman–Crippen LogP) is 5.52. The van der Waals surface area contributed by atoms with Crippen LogP contribution in [0.3, 0.4) is 0 Å². The minimum atomic E-state index is 0.684. The van der Waals surface area contributed by atoms with Crippen molar-refractivity contribution in [3.8, 4) is 16.5 Å². The van der Waals surface area contributed by atoms with Crippen LogP contribution < -0.4 is 0 Å². The summed E-state index contributed by atoms with van der Waals surface area (Å²) in [6.07, 6.45) is 1.63. The number of fused-ring (bicyclic) bond motifs is 1. The van der Waals surface area contributed by atoms with Gasteiger partial charge in [0.25, 0.3) is 0 Å². The van der Waals surface area contributed by atoms with Gasteiger partial charge in [0.05, 0.1) is 11.6 Å².